The van der Waals surface area contributed by atoms with E-state index in [1.807, 2.05) is 60.3 Å². The van der Waals surface area contributed by atoms with Gasteiger partial charge in [0.1, 0.15) is 5.70 Å². The first kappa shape index (κ1) is 15.8. The van der Waals surface area contributed by atoms with E-state index in [0.29, 0.717) is 12.5 Å². The predicted octanol–water partition coefficient (Wildman–Crippen LogP) is 0.630. The fraction of sp³-hybridized carbons (Fsp3) is 0.294. The first-order chi connectivity index (χ1) is 11.6. The number of hydrazine groups is 1. The molecular formula is C17H19N5O2. The average Bonchev–Trinajstić information content (AvgIpc) is 2.86. The standard InChI is InChI=1S/C17H19N5O2/c1-4-24-17(23)20-15-19-16-18-12(2)10-13(3)22(16)21(15)11-14-8-6-5-7-9-14/h5-10H,4,11H2,1-3H3. The monoisotopic (exact) mass is 325 g/mol. The SMILES string of the molecule is CCO/C([O-])=N/C1=NC2=[N+]=C(C)C=C(C)N2N1Cc1ccccc1. The van der Waals surface area contributed by atoms with Gasteiger partial charge >= 0.3 is 11.9 Å². The predicted molar refractivity (Wildman–Crippen MR) is 91.9 cm³/mol. The summed E-state index contributed by atoms with van der Waals surface area (Å²) in [6.07, 6.45) is 1.31. The summed E-state index contributed by atoms with van der Waals surface area (Å²) in [5.41, 5.74) is 2.90. The molecule has 0 aromatic heterocycles. The van der Waals surface area contributed by atoms with E-state index in [-0.39, 0.29) is 12.6 Å². The summed E-state index contributed by atoms with van der Waals surface area (Å²) in [4.78, 5) is 8.38. The Morgan fingerprint density at radius 2 is 2.04 bits per heavy atom. The minimum atomic E-state index is -0.655. The molecule has 0 unspecified atom stereocenters. The number of benzene rings is 1. The lowest BCUT2D eigenvalue weighted by Crippen LogP contribution is -2.44. The third kappa shape index (κ3) is 3.16. The summed E-state index contributed by atoms with van der Waals surface area (Å²) in [5.74, 6) is 0.782. The van der Waals surface area contributed by atoms with Crippen LogP contribution in [0.25, 0.3) is 0 Å². The lowest BCUT2D eigenvalue weighted by Gasteiger charge is -2.24. The summed E-state index contributed by atoms with van der Waals surface area (Å²) in [7, 11) is 0. The quantitative estimate of drug-likeness (QED) is 0.464. The molecule has 1 aromatic carbocycles. The van der Waals surface area contributed by atoms with E-state index in [2.05, 4.69) is 14.7 Å². The molecular weight excluding hydrogens is 306 g/mol. The molecule has 0 amide bonds. The van der Waals surface area contributed by atoms with Crippen molar-refractivity contribution in [2.75, 3.05) is 6.61 Å². The van der Waals surface area contributed by atoms with Crippen LogP contribution in [0.4, 0.5) is 0 Å². The zero-order valence-corrected chi connectivity index (χ0v) is 13.9. The van der Waals surface area contributed by atoms with Crippen molar-refractivity contribution in [2.45, 2.75) is 27.3 Å². The molecule has 0 aliphatic carbocycles. The molecule has 0 fully saturated rings. The molecule has 1 aromatic rings. The van der Waals surface area contributed by atoms with Crippen LogP contribution in [-0.2, 0) is 11.3 Å². The first-order valence-corrected chi connectivity index (χ1v) is 7.77. The van der Waals surface area contributed by atoms with Crippen LogP contribution < -0.4 is 9.77 Å². The van der Waals surface area contributed by atoms with Gasteiger partial charge < -0.3 is 9.84 Å². The Bertz CT molecular complexity index is 788. The van der Waals surface area contributed by atoms with Crippen LogP contribution in [0.5, 0.6) is 0 Å². The van der Waals surface area contributed by atoms with E-state index >= 15 is 0 Å². The van der Waals surface area contributed by atoms with Crippen LogP contribution in [0.1, 0.15) is 26.3 Å². The van der Waals surface area contributed by atoms with Gasteiger partial charge in [0.05, 0.1) is 6.54 Å². The molecule has 0 saturated carbocycles. The highest BCUT2D eigenvalue weighted by Gasteiger charge is 2.43. The third-order valence-electron chi connectivity index (χ3n) is 3.52. The average molecular weight is 325 g/mol. The number of allylic oxidation sites excluding steroid dienone is 2. The smallest absolute Gasteiger partial charge is 0.513 e. The van der Waals surface area contributed by atoms with Crippen LogP contribution in [0, 0.1) is 0 Å². The van der Waals surface area contributed by atoms with Crippen molar-refractivity contribution < 1.29 is 9.84 Å². The fourth-order valence-electron chi connectivity index (χ4n) is 2.58. The van der Waals surface area contributed by atoms with E-state index in [9.17, 15) is 5.11 Å². The summed E-state index contributed by atoms with van der Waals surface area (Å²) in [6.45, 7) is 6.41. The van der Waals surface area contributed by atoms with Crippen molar-refractivity contribution in [2.24, 2.45) is 9.98 Å². The highest BCUT2D eigenvalue weighted by Crippen LogP contribution is 2.22. The molecule has 0 spiro atoms. The Balaban J connectivity index is 1.98. The van der Waals surface area contributed by atoms with Crippen LogP contribution in [0.2, 0.25) is 0 Å². The zero-order valence-electron chi connectivity index (χ0n) is 13.9. The minimum Gasteiger partial charge on any atom is -0.600 e. The highest BCUT2D eigenvalue weighted by molar-refractivity contribution is 6.08. The summed E-state index contributed by atoms with van der Waals surface area (Å²) < 4.78 is 9.34. The molecule has 124 valence electrons. The lowest BCUT2D eigenvalue weighted by atomic mass is 10.2. The van der Waals surface area contributed by atoms with Gasteiger partial charge in [-0.15, -0.1) is 5.01 Å². The number of rotatable bonds is 3. The Hall–Kier alpha value is -3.05. The van der Waals surface area contributed by atoms with Crippen LogP contribution in [0.3, 0.4) is 0 Å². The van der Waals surface area contributed by atoms with Gasteiger partial charge in [-0.25, -0.2) is 4.67 Å². The number of hydrogen-bond acceptors (Lipinski definition) is 6. The molecule has 7 nitrogen and oxygen atoms in total. The molecule has 2 aliphatic rings. The molecule has 0 saturated heterocycles. The van der Waals surface area contributed by atoms with Crippen molar-refractivity contribution in [3.8, 4) is 0 Å². The van der Waals surface area contributed by atoms with Crippen LogP contribution in [-0.4, -0.2) is 40.3 Å². The molecule has 3 rings (SSSR count). The van der Waals surface area contributed by atoms with Crippen molar-refractivity contribution in [1.82, 2.24) is 14.7 Å². The van der Waals surface area contributed by atoms with Gasteiger partial charge in [-0.1, -0.05) is 37.3 Å². The molecule has 0 bridgehead atoms. The second-order valence-electron chi connectivity index (χ2n) is 5.42. The van der Waals surface area contributed by atoms with Crippen LogP contribution in [0.15, 0.2) is 52.1 Å². The fourth-order valence-corrected chi connectivity index (χ4v) is 2.58. The molecule has 7 heteroatoms. The molecule has 0 radical (unpaired) electrons. The second-order valence-corrected chi connectivity index (χ2v) is 5.42. The van der Waals surface area contributed by atoms with Gasteiger partial charge in [-0.05, 0) is 24.1 Å². The van der Waals surface area contributed by atoms with Gasteiger partial charge in [0.2, 0.25) is 0 Å². The Morgan fingerprint density at radius 1 is 1.29 bits per heavy atom. The van der Waals surface area contributed by atoms with Crippen molar-refractivity contribution >= 4 is 23.7 Å². The minimum absolute atomic E-state index is 0.269. The van der Waals surface area contributed by atoms with Crippen molar-refractivity contribution in [1.29, 1.82) is 0 Å². The van der Waals surface area contributed by atoms with Gasteiger partial charge in [-0.3, -0.25) is 0 Å². The Labute approximate surface area is 140 Å². The van der Waals surface area contributed by atoms with E-state index < -0.39 is 6.08 Å². The van der Waals surface area contributed by atoms with Crippen LogP contribution >= 0.6 is 0 Å². The lowest BCUT2D eigenvalue weighted by molar-refractivity contribution is -0.249. The van der Waals surface area contributed by atoms with E-state index in [1.165, 1.54) is 0 Å². The maximum Gasteiger partial charge on any atom is 0.513 e. The third-order valence-corrected chi connectivity index (χ3v) is 3.52. The number of fused-ring (bicyclic) bond motifs is 1. The summed E-state index contributed by atoms with van der Waals surface area (Å²) in [6, 6.07) is 9.92. The van der Waals surface area contributed by atoms with E-state index in [1.54, 1.807) is 6.92 Å². The van der Waals surface area contributed by atoms with Gasteiger partial charge in [0.25, 0.3) is 0 Å². The normalized spacial score (nSPS) is 17.0. The van der Waals surface area contributed by atoms with Crippen molar-refractivity contribution in [3.63, 3.8) is 0 Å². The maximum atomic E-state index is 11.8. The number of hydrogen-bond donors (Lipinski definition) is 0. The van der Waals surface area contributed by atoms with Crippen molar-refractivity contribution in [3.05, 3.63) is 47.7 Å². The molecule has 2 heterocycles. The summed E-state index contributed by atoms with van der Waals surface area (Å²) >= 11 is 0. The molecule has 0 N–H and O–H groups in total. The number of ether oxygens (including phenoxy) is 1. The zero-order chi connectivity index (χ0) is 17.1. The number of guanidine groups is 2. The molecule has 0 atom stereocenters. The van der Waals surface area contributed by atoms with Gasteiger partial charge in [-0.2, -0.15) is 10.0 Å². The Kier molecular flexibility index (Phi) is 4.35. The van der Waals surface area contributed by atoms with Gasteiger partial charge in [0, 0.05) is 13.0 Å². The topological polar surface area (TPSA) is 77.6 Å². The number of aliphatic imine (C=N–C) groups is 2. The largest absolute Gasteiger partial charge is 0.600 e. The van der Waals surface area contributed by atoms with Gasteiger partial charge in [0.15, 0.2) is 11.8 Å². The molecule has 2 aliphatic heterocycles. The Morgan fingerprint density at radius 3 is 2.75 bits per heavy atom. The summed E-state index contributed by atoms with van der Waals surface area (Å²) in [5, 5.41) is 15.5. The second kappa shape index (κ2) is 6.60. The first-order valence-electron chi connectivity index (χ1n) is 7.77. The van der Waals surface area contributed by atoms with E-state index in [4.69, 9.17) is 4.74 Å². The highest BCUT2D eigenvalue weighted by atomic mass is 16.6. The number of nitrogens with zero attached hydrogens (tertiary/aromatic N) is 5. The molecule has 24 heavy (non-hydrogen) atoms. The van der Waals surface area contributed by atoms with E-state index in [0.717, 1.165) is 17.0 Å². The maximum absolute atomic E-state index is 11.8.